The average Bonchev–Trinajstić information content (AvgIpc) is 1.80. The van der Waals surface area contributed by atoms with Gasteiger partial charge >= 0.3 is 0 Å². The lowest BCUT2D eigenvalue weighted by Gasteiger charge is -2.17. The molecule has 1 aliphatic carbocycles. The predicted molar refractivity (Wildman–Crippen MR) is 32.0 cm³/mol. The summed E-state index contributed by atoms with van der Waals surface area (Å²) in [6.45, 7) is 0. The van der Waals surface area contributed by atoms with E-state index in [0.29, 0.717) is 12.8 Å². The normalized spacial score (nSPS) is 36.0. The number of hydrogen-bond acceptors (Lipinski definition) is 3. The van der Waals surface area contributed by atoms with Crippen molar-refractivity contribution in [2.75, 3.05) is 0 Å². The van der Waals surface area contributed by atoms with Gasteiger partial charge in [-0.2, -0.15) is 0 Å². The van der Waals surface area contributed by atoms with Gasteiger partial charge in [-0.15, -0.1) is 0 Å². The number of rotatable bonds is 0. The maximum Gasteiger partial charge on any atom is 0.119 e. The third kappa shape index (κ3) is 1.43. The van der Waals surface area contributed by atoms with E-state index in [0.717, 1.165) is 0 Å². The average molecular weight is 130 g/mol. The summed E-state index contributed by atoms with van der Waals surface area (Å²) in [6, 6.07) is 0. The second-order valence-corrected chi connectivity index (χ2v) is 2.25. The topological polar surface area (TPSA) is 60.7 Å². The Hall–Kier alpha value is -0.540. The van der Waals surface area contributed by atoms with Crippen LogP contribution < -0.4 is 0 Å². The van der Waals surface area contributed by atoms with Crippen molar-refractivity contribution in [3.05, 3.63) is 11.8 Å². The Kier molecular flexibility index (Phi) is 1.73. The fourth-order valence-corrected chi connectivity index (χ4v) is 0.868. The first-order valence-electron chi connectivity index (χ1n) is 2.97. The maximum absolute atomic E-state index is 8.87. The molecule has 2 atom stereocenters. The van der Waals surface area contributed by atoms with Gasteiger partial charge in [-0.1, -0.05) is 0 Å². The molecule has 0 aromatic rings. The minimum absolute atomic E-state index is 0.103. The Morgan fingerprint density at radius 3 is 2.44 bits per heavy atom. The molecule has 0 saturated heterocycles. The van der Waals surface area contributed by atoms with Gasteiger partial charge in [0.25, 0.3) is 0 Å². The van der Waals surface area contributed by atoms with E-state index in [9.17, 15) is 0 Å². The van der Waals surface area contributed by atoms with Gasteiger partial charge in [-0.3, -0.25) is 0 Å². The van der Waals surface area contributed by atoms with Gasteiger partial charge in [0.1, 0.15) is 11.9 Å². The highest BCUT2D eigenvalue weighted by Gasteiger charge is 2.17. The summed E-state index contributed by atoms with van der Waals surface area (Å²) in [4.78, 5) is 0. The molecule has 0 bridgehead atoms. The molecule has 0 heterocycles. The van der Waals surface area contributed by atoms with Gasteiger partial charge in [-0.25, -0.2) is 0 Å². The molecule has 3 N–H and O–H groups in total. The second-order valence-electron chi connectivity index (χ2n) is 2.25. The smallest absolute Gasteiger partial charge is 0.119 e. The van der Waals surface area contributed by atoms with E-state index in [1.807, 2.05) is 0 Å². The van der Waals surface area contributed by atoms with Crippen molar-refractivity contribution in [2.24, 2.45) is 0 Å². The van der Waals surface area contributed by atoms with Crippen molar-refractivity contribution in [1.29, 1.82) is 0 Å². The van der Waals surface area contributed by atoms with E-state index < -0.39 is 12.2 Å². The van der Waals surface area contributed by atoms with Crippen LogP contribution in [0.5, 0.6) is 0 Å². The van der Waals surface area contributed by atoms with Crippen molar-refractivity contribution >= 4 is 0 Å². The van der Waals surface area contributed by atoms with Crippen LogP contribution in [0.2, 0.25) is 0 Å². The third-order valence-electron chi connectivity index (χ3n) is 1.44. The van der Waals surface area contributed by atoms with Gasteiger partial charge in [0.2, 0.25) is 0 Å². The van der Waals surface area contributed by atoms with Crippen LogP contribution in [0.3, 0.4) is 0 Å². The number of hydrogen-bond donors (Lipinski definition) is 3. The minimum Gasteiger partial charge on any atom is -0.510 e. The van der Waals surface area contributed by atoms with Crippen LogP contribution in [0.15, 0.2) is 11.8 Å². The second kappa shape index (κ2) is 2.37. The van der Waals surface area contributed by atoms with E-state index in [-0.39, 0.29) is 5.76 Å². The molecular weight excluding hydrogens is 120 g/mol. The fourth-order valence-electron chi connectivity index (χ4n) is 0.868. The Balaban J connectivity index is 2.61. The molecule has 0 unspecified atom stereocenters. The van der Waals surface area contributed by atoms with Crippen LogP contribution in [0.4, 0.5) is 0 Å². The SMILES string of the molecule is OC1=C[C@H](O)CC[C@@H]1O. The molecular formula is C6H10O3. The van der Waals surface area contributed by atoms with Gasteiger partial charge in [0.15, 0.2) is 0 Å². The van der Waals surface area contributed by atoms with E-state index in [1.54, 1.807) is 0 Å². The van der Waals surface area contributed by atoms with Crippen molar-refractivity contribution < 1.29 is 15.3 Å². The molecule has 1 aliphatic rings. The van der Waals surface area contributed by atoms with E-state index in [1.165, 1.54) is 6.08 Å². The predicted octanol–water partition coefficient (Wildman–Crippen LogP) is -0.0561. The molecule has 0 aliphatic heterocycles. The Morgan fingerprint density at radius 1 is 1.33 bits per heavy atom. The highest BCUT2D eigenvalue weighted by molar-refractivity contribution is 5.05. The van der Waals surface area contributed by atoms with Crippen molar-refractivity contribution in [3.8, 4) is 0 Å². The lowest BCUT2D eigenvalue weighted by atomic mass is 10.0. The lowest BCUT2D eigenvalue weighted by Crippen LogP contribution is -2.20. The van der Waals surface area contributed by atoms with Crippen molar-refractivity contribution in [2.45, 2.75) is 25.0 Å². The van der Waals surface area contributed by atoms with Crippen LogP contribution >= 0.6 is 0 Å². The molecule has 3 heteroatoms. The zero-order chi connectivity index (χ0) is 6.85. The Morgan fingerprint density at radius 2 is 2.00 bits per heavy atom. The molecule has 1 rings (SSSR count). The molecule has 0 saturated carbocycles. The van der Waals surface area contributed by atoms with E-state index >= 15 is 0 Å². The standard InChI is InChI=1S/C6H10O3/c7-4-1-2-5(8)6(9)3-4/h3-5,7-9H,1-2H2/t4-,5+/m1/s1. The van der Waals surface area contributed by atoms with Gasteiger partial charge in [0, 0.05) is 0 Å². The molecule has 0 aromatic heterocycles. The highest BCUT2D eigenvalue weighted by Crippen LogP contribution is 2.15. The first-order valence-corrected chi connectivity index (χ1v) is 2.97. The summed E-state index contributed by atoms with van der Waals surface area (Å²) in [5.41, 5.74) is 0. The monoisotopic (exact) mass is 130 g/mol. The van der Waals surface area contributed by atoms with Crippen LogP contribution in [-0.2, 0) is 0 Å². The van der Waals surface area contributed by atoms with Gasteiger partial charge in [0.05, 0.1) is 6.10 Å². The summed E-state index contributed by atoms with van der Waals surface area (Å²) in [5.74, 6) is -0.103. The zero-order valence-corrected chi connectivity index (χ0v) is 4.99. The zero-order valence-electron chi connectivity index (χ0n) is 4.99. The summed E-state index contributed by atoms with van der Waals surface area (Å²) in [6.07, 6.45) is 0.921. The summed E-state index contributed by atoms with van der Waals surface area (Å²) < 4.78 is 0. The molecule has 0 fully saturated rings. The summed E-state index contributed by atoms with van der Waals surface area (Å²) in [5, 5.41) is 26.5. The molecule has 0 spiro atoms. The molecule has 3 nitrogen and oxygen atoms in total. The molecule has 0 aromatic carbocycles. The first-order chi connectivity index (χ1) is 4.20. The fraction of sp³-hybridized carbons (Fsp3) is 0.667. The molecule has 9 heavy (non-hydrogen) atoms. The van der Waals surface area contributed by atoms with Crippen LogP contribution in [0, 0.1) is 0 Å². The van der Waals surface area contributed by atoms with Crippen molar-refractivity contribution in [3.63, 3.8) is 0 Å². The van der Waals surface area contributed by atoms with Crippen LogP contribution in [0.1, 0.15) is 12.8 Å². The third-order valence-corrected chi connectivity index (χ3v) is 1.44. The quantitative estimate of drug-likeness (QED) is 0.430. The van der Waals surface area contributed by atoms with Crippen LogP contribution in [-0.4, -0.2) is 27.5 Å². The van der Waals surface area contributed by atoms with Crippen LogP contribution in [0.25, 0.3) is 0 Å². The van der Waals surface area contributed by atoms with Gasteiger partial charge < -0.3 is 15.3 Å². The highest BCUT2D eigenvalue weighted by atomic mass is 16.3. The maximum atomic E-state index is 8.87. The Labute approximate surface area is 53.3 Å². The lowest BCUT2D eigenvalue weighted by molar-refractivity contribution is 0.0973. The van der Waals surface area contributed by atoms with E-state index in [4.69, 9.17) is 15.3 Å². The molecule has 52 valence electrons. The van der Waals surface area contributed by atoms with Crippen molar-refractivity contribution in [1.82, 2.24) is 0 Å². The summed E-state index contributed by atoms with van der Waals surface area (Å²) >= 11 is 0. The number of aliphatic hydroxyl groups excluding tert-OH is 3. The minimum atomic E-state index is -0.756. The molecule has 0 amide bonds. The first kappa shape index (κ1) is 6.58. The molecule has 0 radical (unpaired) electrons. The Bertz CT molecular complexity index is 130. The number of aliphatic hydroxyl groups is 3. The van der Waals surface area contributed by atoms with Gasteiger partial charge in [-0.05, 0) is 18.9 Å². The van der Waals surface area contributed by atoms with E-state index in [2.05, 4.69) is 0 Å². The largest absolute Gasteiger partial charge is 0.510 e. The summed E-state index contributed by atoms with van der Waals surface area (Å²) in [7, 11) is 0.